The van der Waals surface area contributed by atoms with Gasteiger partial charge in [-0.05, 0) is 54.2 Å². The predicted octanol–water partition coefficient (Wildman–Crippen LogP) is 4.74. The summed E-state index contributed by atoms with van der Waals surface area (Å²) in [6.45, 7) is 7.26. The number of benzene rings is 2. The third-order valence-electron chi connectivity index (χ3n) is 5.45. The van der Waals surface area contributed by atoms with Crippen LogP contribution in [0.25, 0.3) is 0 Å². The topological polar surface area (TPSA) is 48.0 Å². The average Bonchev–Trinajstić information content (AvgIpc) is 3.21. The fraction of sp³-hybridized carbons (Fsp3) is 0.458. The molecule has 156 valence electrons. The first-order valence-electron chi connectivity index (χ1n) is 10.1. The van der Waals surface area contributed by atoms with Crippen molar-refractivity contribution in [2.45, 2.75) is 45.1 Å². The van der Waals surface area contributed by atoms with E-state index in [1.165, 1.54) is 5.56 Å². The summed E-state index contributed by atoms with van der Waals surface area (Å²) in [7, 11) is 3.29. The van der Waals surface area contributed by atoms with Crippen LogP contribution in [0.3, 0.4) is 0 Å². The van der Waals surface area contributed by atoms with Crippen LogP contribution in [0.15, 0.2) is 42.5 Å². The van der Waals surface area contributed by atoms with Gasteiger partial charge in [0, 0.05) is 12.1 Å². The molecule has 0 saturated carbocycles. The van der Waals surface area contributed by atoms with E-state index in [2.05, 4.69) is 32.9 Å². The molecule has 5 nitrogen and oxygen atoms in total. The highest BCUT2D eigenvalue weighted by Crippen LogP contribution is 2.39. The second-order valence-electron chi connectivity index (χ2n) is 8.42. The Morgan fingerprint density at radius 3 is 2.34 bits per heavy atom. The van der Waals surface area contributed by atoms with E-state index in [0.29, 0.717) is 5.75 Å². The third-order valence-corrected chi connectivity index (χ3v) is 5.45. The van der Waals surface area contributed by atoms with E-state index in [1.54, 1.807) is 14.2 Å². The lowest BCUT2D eigenvalue weighted by atomic mass is 9.87. The van der Waals surface area contributed by atoms with E-state index in [-0.39, 0.29) is 24.0 Å². The normalized spacial score (nSPS) is 16.6. The Morgan fingerprint density at radius 2 is 1.72 bits per heavy atom. The van der Waals surface area contributed by atoms with Gasteiger partial charge in [0.05, 0.1) is 20.3 Å². The predicted molar refractivity (Wildman–Crippen MR) is 114 cm³/mol. The second-order valence-corrected chi connectivity index (χ2v) is 8.42. The molecule has 0 aliphatic carbocycles. The molecule has 0 radical (unpaired) electrons. The lowest BCUT2D eigenvalue weighted by Crippen LogP contribution is -2.34. The molecule has 1 fully saturated rings. The minimum Gasteiger partial charge on any atom is -0.497 e. The minimum atomic E-state index is -0.0283. The van der Waals surface area contributed by atoms with Gasteiger partial charge < -0.3 is 19.1 Å². The number of carbonyl (C=O) groups is 1. The van der Waals surface area contributed by atoms with Crippen LogP contribution in [0.4, 0.5) is 0 Å². The molecule has 0 spiro atoms. The standard InChI is InChI=1S/C24H31NO4/c1-24(2,3)17-8-10-18(11-9-17)29-16-23(26)25-14-6-7-21(25)20-15-19(27-4)12-13-22(20)28-5/h8-13,15,21H,6-7,14,16H2,1-5H3/t21-/m1/s1. The van der Waals surface area contributed by atoms with Crippen molar-refractivity contribution in [2.75, 3.05) is 27.4 Å². The molecule has 2 aromatic rings. The zero-order valence-corrected chi connectivity index (χ0v) is 18.0. The molecule has 1 saturated heterocycles. The molecule has 0 unspecified atom stereocenters. The molecule has 2 aromatic carbocycles. The van der Waals surface area contributed by atoms with E-state index in [1.807, 2.05) is 35.2 Å². The lowest BCUT2D eigenvalue weighted by Gasteiger charge is -2.26. The maximum Gasteiger partial charge on any atom is 0.261 e. The summed E-state index contributed by atoms with van der Waals surface area (Å²) in [6.07, 6.45) is 1.85. The maximum atomic E-state index is 12.9. The van der Waals surface area contributed by atoms with Gasteiger partial charge in [-0.15, -0.1) is 0 Å². The van der Waals surface area contributed by atoms with Gasteiger partial charge in [-0.25, -0.2) is 0 Å². The number of rotatable bonds is 6. The molecule has 3 rings (SSSR count). The van der Waals surface area contributed by atoms with Gasteiger partial charge in [-0.1, -0.05) is 32.9 Å². The Hall–Kier alpha value is -2.69. The van der Waals surface area contributed by atoms with E-state index in [9.17, 15) is 4.79 Å². The number of ether oxygens (including phenoxy) is 3. The molecule has 29 heavy (non-hydrogen) atoms. The highest BCUT2D eigenvalue weighted by Gasteiger charge is 2.32. The zero-order chi connectivity index (χ0) is 21.0. The van der Waals surface area contributed by atoms with Crippen LogP contribution in [0.2, 0.25) is 0 Å². The van der Waals surface area contributed by atoms with Crippen LogP contribution in [0.5, 0.6) is 17.2 Å². The summed E-state index contributed by atoms with van der Waals surface area (Å²) >= 11 is 0. The van der Waals surface area contributed by atoms with Gasteiger partial charge in [0.1, 0.15) is 17.2 Å². The van der Waals surface area contributed by atoms with Crippen LogP contribution in [-0.4, -0.2) is 38.2 Å². The van der Waals surface area contributed by atoms with Crippen molar-refractivity contribution in [1.29, 1.82) is 0 Å². The number of hydrogen-bond donors (Lipinski definition) is 0. The third kappa shape index (κ3) is 4.84. The van der Waals surface area contributed by atoms with Crippen LogP contribution in [0, 0.1) is 0 Å². The fourth-order valence-corrected chi connectivity index (χ4v) is 3.77. The van der Waals surface area contributed by atoms with Crippen molar-refractivity contribution in [3.05, 3.63) is 53.6 Å². The van der Waals surface area contributed by atoms with E-state index in [4.69, 9.17) is 14.2 Å². The molecule has 1 atom stereocenters. The highest BCUT2D eigenvalue weighted by molar-refractivity contribution is 5.78. The van der Waals surface area contributed by atoms with Crippen LogP contribution < -0.4 is 14.2 Å². The molecule has 1 aliphatic heterocycles. The molecular formula is C24H31NO4. The first kappa shape index (κ1) is 21.0. The number of hydrogen-bond acceptors (Lipinski definition) is 4. The summed E-state index contributed by atoms with van der Waals surface area (Å²) in [5.74, 6) is 2.22. The zero-order valence-electron chi connectivity index (χ0n) is 18.0. The Morgan fingerprint density at radius 1 is 1.03 bits per heavy atom. The van der Waals surface area contributed by atoms with Gasteiger partial charge >= 0.3 is 0 Å². The van der Waals surface area contributed by atoms with Gasteiger partial charge in [-0.3, -0.25) is 4.79 Å². The number of methoxy groups -OCH3 is 2. The van der Waals surface area contributed by atoms with Crippen LogP contribution in [-0.2, 0) is 10.2 Å². The van der Waals surface area contributed by atoms with E-state index in [0.717, 1.165) is 36.4 Å². The monoisotopic (exact) mass is 397 g/mol. The minimum absolute atomic E-state index is 0.0164. The smallest absolute Gasteiger partial charge is 0.261 e. The van der Waals surface area contributed by atoms with Crippen molar-refractivity contribution in [1.82, 2.24) is 4.90 Å². The molecular weight excluding hydrogens is 366 g/mol. The molecule has 1 aliphatic rings. The van der Waals surface area contributed by atoms with Crippen molar-refractivity contribution in [3.8, 4) is 17.2 Å². The number of amides is 1. The van der Waals surface area contributed by atoms with Crippen molar-refractivity contribution in [2.24, 2.45) is 0 Å². The maximum absolute atomic E-state index is 12.9. The van der Waals surface area contributed by atoms with Gasteiger partial charge in [0.15, 0.2) is 6.61 Å². The van der Waals surface area contributed by atoms with Crippen molar-refractivity contribution in [3.63, 3.8) is 0 Å². The Kier molecular flexibility index (Phi) is 6.36. The summed E-state index contributed by atoms with van der Waals surface area (Å²) in [5.41, 5.74) is 2.31. The van der Waals surface area contributed by atoms with Gasteiger partial charge in [-0.2, -0.15) is 0 Å². The number of nitrogens with zero attached hydrogens (tertiary/aromatic N) is 1. The van der Waals surface area contributed by atoms with Crippen LogP contribution in [0.1, 0.15) is 50.8 Å². The molecule has 0 bridgehead atoms. The number of likely N-dealkylation sites (tertiary alicyclic amines) is 1. The first-order valence-corrected chi connectivity index (χ1v) is 10.1. The molecule has 0 N–H and O–H groups in total. The Bertz CT molecular complexity index is 839. The summed E-state index contributed by atoms with van der Waals surface area (Å²) in [6, 6.07) is 13.7. The van der Waals surface area contributed by atoms with Crippen molar-refractivity contribution < 1.29 is 19.0 Å². The molecule has 1 heterocycles. The highest BCUT2D eigenvalue weighted by atomic mass is 16.5. The molecule has 0 aromatic heterocycles. The second kappa shape index (κ2) is 8.76. The molecule has 5 heteroatoms. The largest absolute Gasteiger partial charge is 0.497 e. The van der Waals surface area contributed by atoms with Crippen LogP contribution >= 0.6 is 0 Å². The van der Waals surface area contributed by atoms with E-state index >= 15 is 0 Å². The quantitative estimate of drug-likeness (QED) is 0.706. The summed E-state index contributed by atoms with van der Waals surface area (Å²) in [5, 5.41) is 0. The SMILES string of the molecule is COc1ccc(OC)c([C@H]2CCCN2C(=O)COc2ccc(C(C)(C)C)cc2)c1. The van der Waals surface area contributed by atoms with E-state index < -0.39 is 0 Å². The summed E-state index contributed by atoms with van der Waals surface area (Å²) < 4.78 is 16.7. The Labute approximate surface area is 173 Å². The lowest BCUT2D eigenvalue weighted by molar-refractivity contribution is -0.134. The summed E-state index contributed by atoms with van der Waals surface area (Å²) in [4.78, 5) is 14.8. The average molecular weight is 398 g/mol. The molecule has 1 amide bonds. The van der Waals surface area contributed by atoms with Gasteiger partial charge in [0.2, 0.25) is 0 Å². The van der Waals surface area contributed by atoms with Crippen molar-refractivity contribution >= 4 is 5.91 Å². The Balaban J connectivity index is 1.69. The van der Waals surface area contributed by atoms with Gasteiger partial charge in [0.25, 0.3) is 5.91 Å². The number of carbonyl (C=O) groups excluding carboxylic acids is 1. The first-order chi connectivity index (χ1) is 13.8. The fourth-order valence-electron chi connectivity index (χ4n) is 3.77.